The molecular weight excluding hydrogens is 174 g/mol. The van der Waals surface area contributed by atoms with Gasteiger partial charge in [-0.3, -0.25) is 0 Å². The van der Waals surface area contributed by atoms with Crippen LogP contribution in [0.25, 0.3) is 0 Å². The molecule has 0 amide bonds. The lowest BCUT2D eigenvalue weighted by Crippen LogP contribution is -2.32. The molecule has 2 unspecified atom stereocenters. The van der Waals surface area contributed by atoms with E-state index in [-0.39, 0.29) is 0 Å². The summed E-state index contributed by atoms with van der Waals surface area (Å²) in [4.78, 5) is 0. The first kappa shape index (κ1) is 12.0. The van der Waals surface area contributed by atoms with Crippen molar-refractivity contribution in [3.8, 4) is 0 Å². The second kappa shape index (κ2) is 7.24. The van der Waals surface area contributed by atoms with E-state index in [9.17, 15) is 0 Å². The normalized spacial score (nSPS) is 24.0. The van der Waals surface area contributed by atoms with E-state index < -0.39 is 0 Å². The summed E-state index contributed by atoms with van der Waals surface area (Å²) in [6.45, 7) is 6.52. The molecule has 1 N–H and O–H groups in total. The SMILES string of the molecule is CCCCC(CC1CCCO1)NCC. The lowest BCUT2D eigenvalue weighted by Gasteiger charge is -2.20. The van der Waals surface area contributed by atoms with E-state index in [1.165, 1.54) is 38.5 Å². The molecule has 2 heteroatoms. The molecule has 0 aromatic rings. The van der Waals surface area contributed by atoms with Crippen LogP contribution in [-0.2, 0) is 4.74 Å². The van der Waals surface area contributed by atoms with Gasteiger partial charge in [-0.15, -0.1) is 0 Å². The van der Waals surface area contributed by atoms with Crippen LogP contribution >= 0.6 is 0 Å². The third-order valence-electron chi connectivity index (χ3n) is 2.97. The first-order valence-corrected chi connectivity index (χ1v) is 6.21. The van der Waals surface area contributed by atoms with Crippen molar-refractivity contribution in [3.63, 3.8) is 0 Å². The van der Waals surface area contributed by atoms with Gasteiger partial charge >= 0.3 is 0 Å². The zero-order chi connectivity index (χ0) is 10.2. The summed E-state index contributed by atoms with van der Waals surface area (Å²) in [5, 5.41) is 3.56. The minimum Gasteiger partial charge on any atom is -0.378 e. The molecule has 0 spiro atoms. The van der Waals surface area contributed by atoms with Crippen molar-refractivity contribution >= 4 is 0 Å². The highest BCUT2D eigenvalue weighted by molar-refractivity contribution is 4.74. The second-order valence-corrected chi connectivity index (χ2v) is 4.27. The maximum absolute atomic E-state index is 5.67. The fraction of sp³-hybridized carbons (Fsp3) is 1.00. The van der Waals surface area contributed by atoms with Gasteiger partial charge in [-0.05, 0) is 32.2 Å². The fourth-order valence-electron chi connectivity index (χ4n) is 2.19. The Morgan fingerprint density at radius 3 is 2.86 bits per heavy atom. The van der Waals surface area contributed by atoms with Gasteiger partial charge in [0.1, 0.15) is 0 Å². The topological polar surface area (TPSA) is 21.3 Å². The first-order chi connectivity index (χ1) is 6.86. The van der Waals surface area contributed by atoms with Crippen molar-refractivity contribution in [2.75, 3.05) is 13.2 Å². The van der Waals surface area contributed by atoms with E-state index in [1.54, 1.807) is 0 Å². The summed E-state index contributed by atoms with van der Waals surface area (Å²) < 4.78 is 5.67. The monoisotopic (exact) mass is 199 g/mol. The molecule has 14 heavy (non-hydrogen) atoms. The predicted octanol–water partition coefficient (Wildman–Crippen LogP) is 2.72. The predicted molar refractivity (Wildman–Crippen MR) is 60.6 cm³/mol. The molecule has 1 fully saturated rings. The quantitative estimate of drug-likeness (QED) is 0.680. The highest BCUT2D eigenvalue weighted by Crippen LogP contribution is 2.19. The number of unbranched alkanes of at least 4 members (excludes halogenated alkanes) is 1. The Hall–Kier alpha value is -0.0800. The largest absolute Gasteiger partial charge is 0.378 e. The first-order valence-electron chi connectivity index (χ1n) is 6.21. The molecule has 1 heterocycles. The van der Waals surface area contributed by atoms with Gasteiger partial charge in [0, 0.05) is 12.6 Å². The van der Waals surface area contributed by atoms with Crippen LogP contribution < -0.4 is 5.32 Å². The van der Waals surface area contributed by atoms with Gasteiger partial charge in [0.05, 0.1) is 6.10 Å². The van der Waals surface area contributed by atoms with E-state index in [2.05, 4.69) is 19.2 Å². The Balaban J connectivity index is 2.18. The molecule has 1 aliphatic heterocycles. The van der Waals surface area contributed by atoms with Crippen molar-refractivity contribution in [2.45, 2.75) is 64.5 Å². The molecule has 0 radical (unpaired) electrons. The lowest BCUT2D eigenvalue weighted by atomic mass is 10.0. The Morgan fingerprint density at radius 2 is 2.29 bits per heavy atom. The van der Waals surface area contributed by atoms with E-state index in [4.69, 9.17) is 4.74 Å². The van der Waals surface area contributed by atoms with Gasteiger partial charge < -0.3 is 10.1 Å². The van der Waals surface area contributed by atoms with E-state index >= 15 is 0 Å². The molecule has 2 atom stereocenters. The average Bonchev–Trinajstić information content (AvgIpc) is 2.67. The molecule has 2 nitrogen and oxygen atoms in total. The van der Waals surface area contributed by atoms with E-state index in [0.717, 1.165) is 13.2 Å². The number of hydrogen-bond donors (Lipinski definition) is 1. The molecule has 1 saturated heterocycles. The standard InChI is InChI=1S/C12H25NO/c1-3-5-7-11(13-4-2)10-12-8-6-9-14-12/h11-13H,3-10H2,1-2H3. The van der Waals surface area contributed by atoms with Crippen LogP contribution in [-0.4, -0.2) is 25.3 Å². The summed E-state index contributed by atoms with van der Waals surface area (Å²) in [6.07, 6.45) is 8.23. The molecule has 1 rings (SSSR count). The number of hydrogen-bond acceptors (Lipinski definition) is 2. The molecule has 0 aromatic heterocycles. The maximum Gasteiger partial charge on any atom is 0.0590 e. The molecule has 84 valence electrons. The Kier molecular flexibility index (Phi) is 6.20. The molecule has 0 aliphatic carbocycles. The number of rotatable bonds is 7. The zero-order valence-electron chi connectivity index (χ0n) is 9.72. The number of nitrogens with one attached hydrogen (secondary N) is 1. The van der Waals surface area contributed by atoms with Gasteiger partial charge in [-0.25, -0.2) is 0 Å². The van der Waals surface area contributed by atoms with Crippen LogP contribution in [0, 0.1) is 0 Å². The molecule has 0 bridgehead atoms. The Labute approximate surface area is 88.4 Å². The molecule has 1 aliphatic rings. The van der Waals surface area contributed by atoms with Gasteiger partial charge in [-0.1, -0.05) is 26.7 Å². The van der Waals surface area contributed by atoms with E-state index in [0.29, 0.717) is 12.1 Å². The van der Waals surface area contributed by atoms with Gasteiger partial charge in [0.25, 0.3) is 0 Å². The van der Waals surface area contributed by atoms with Crippen LogP contribution in [0.3, 0.4) is 0 Å². The van der Waals surface area contributed by atoms with Crippen LogP contribution in [0.2, 0.25) is 0 Å². The molecule has 0 saturated carbocycles. The van der Waals surface area contributed by atoms with Crippen molar-refractivity contribution in [3.05, 3.63) is 0 Å². The zero-order valence-corrected chi connectivity index (χ0v) is 9.72. The summed E-state index contributed by atoms with van der Waals surface area (Å²) in [5.74, 6) is 0. The Morgan fingerprint density at radius 1 is 1.43 bits per heavy atom. The Bertz CT molecular complexity index is 132. The minimum atomic E-state index is 0.538. The minimum absolute atomic E-state index is 0.538. The average molecular weight is 199 g/mol. The third kappa shape index (κ3) is 4.43. The van der Waals surface area contributed by atoms with Crippen LogP contribution in [0.5, 0.6) is 0 Å². The number of ether oxygens (including phenoxy) is 1. The highest BCUT2D eigenvalue weighted by Gasteiger charge is 2.19. The van der Waals surface area contributed by atoms with Crippen molar-refractivity contribution in [2.24, 2.45) is 0 Å². The molecule has 0 aromatic carbocycles. The van der Waals surface area contributed by atoms with Crippen molar-refractivity contribution in [1.82, 2.24) is 5.32 Å². The summed E-state index contributed by atoms with van der Waals surface area (Å²) >= 11 is 0. The van der Waals surface area contributed by atoms with Crippen molar-refractivity contribution < 1.29 is 4.74 Å². The van der Waals surface area contributed by atoms with Gasteiger partial charge in [0.15, 0.2) is 0 Å². The smallest absolute Gasteiger partial charge is 0.0590 e. The second-order valence-electron chi connectivity index (χ2n) is 4.27. The maximum atomic E-state index is 5.67. The van der Waals surface area contributed by atoms with Gasteiger partial charge in [0.2, 0.25) is 0 Å². The van der Waals surface area contributed by atoms with Crippen LogP contribution in [0.1, 0.15) is 52.4 Å². The molecular formula is C12H25NO. The highest BCUT2D eigenvalue weighted by atomic mass is 16.5. The lowest BCUT2D eigenvalue weighted by molar-refractivity contribution is 0.0935. The van der Waals surface area contributed by atoms with Crippen molar-refractivity contribution in [1.29, 1.82) is 0 Å². The van der Waals surface area contributed by atoms with Gasteiger partial charge in [-0.2, -0.15) is 0 Å². The summed E-state index contributed by atoms with van der Waals surface area (Å²) in [7, 11) is 0. The fourth-order valence-corrected chi connectivity index (χ4v) is 2.19. The van der Waals surface area contributed by atoms with Crippen LogP contribution in [0.4, 0.5) is 0 Å². The van der Waals surface area contributed by atoms with Crippen LogP contribution in [0.15, 0.2) is 0 Å². The summed E-state index contributed by atoms with van der Waals surface area (Å²) in [5.41, 5.74) is 0. The van der Waals surface area contributed by atoms with E-state index in [1.807, 2.05) is 0 Å². The third-order valence-corrected chi connectivity index (χ3v) is 2.97. The summed E-state index contributed by atoms with van der Waals surface area (Å²) in [6, 6.07) is 0.683.